The highest BCUT2D eigenvalue weighted by Gasteiger charge is 1.95. The summed E-state index contributed by atoms with van der Waals surface area (Å²) >= 11 is 2.39. The molecule has 0 aliphatic rings. The van der Waals surface area contributed by atoms with Gasteiger partial charge in [-0.25, -0.2) is 0 Å². The Morgan fingerprint density at radius 1 is 1.00 bits per heavy atom. The van der Waals surface area contributed by atoms with E-state index in [0.717, 1.165) is 4.43 Å². The summed E-state index contributed by atoms with van der Waals surface area (Å²) in [6.45, 7) is 2.14. The van der Waals surface area contributed by atoms with Gasteiger partial charge in [0.25, 0.3) is 0 Å². The quantitative estimate of drug-likeness (QED) is 0.546. The molecule has 0 aliphatic carbocycles. The summed E-state index contributed by atoms with van der Waals surface area (Å²) in [6.07, 6.45) is 0. The van der Waals surface area contributed by atoms with Crippen molar-refractivity contribution in [2.45, 2.75) is 11.4 Å². The molecule has 0 heterocycles. The van der Waals surface area contributed by atoms with Crippen molar-refractivity contribution in [3.8, 4) is 0 Å². The molecular formula is C12H11I. The summed E-state index contributed by atoms with van der Waals surface area (Å²) in [4.78, 5) is 0. The largest absolute Gasteiger partial charge is 0.0812 e. The van der Waals surface area contributed by atoms with Gasteiger partial charge in [0.2, 0.25) is 0 Å². The van der Waals surface area contributed by atoms with Crippen LogP contribution in [0.2, 0.25) is 0 Å². The van der Waals surface area contributed by atoms with Gasteiger partial charge in [0.15, 0.2) is 0 Å². The van der Waals surface area contributed by atoms with E-state index in [-0.39, 0.29) is 0 Å². The van der Waals surface area contributed by atoms with Crippen LogP contribution in [0.15, 0.2) is 36.4 Å². The molecule has 0 fully saturated rings. The second kappa shape index (κ2) is 3.66. The molecule has 0 unspecified atom stereocenters. The van der Waals surface area contributed by atoms with Crippen LogP contribution in [0.5, 0.6) is 0 Å². The van der Waals surface area contributed by atoms with Crippen LogP contribution in [-0.4, -0.2) is 0 Å². The van der Waals surface area contributed by atoms with Crippen LogP contribution in [0, 0.1) is 6.92 Å². The van der Waals surface area contributed by atoms with E-state index < -0.39 is 0 Å². The minimum atomic E-state index is 1.08. The van der Waals surface area contributed by atoms with E-state index in [9.17, 15) is 0 Å². The molecule has 2 rings (SSSR count). The number of halogens is 1. The van der Waals surface area contributed by atoms with Crippen LogP contribution >= 0.6 is 22.6 Å². The maximum absolute atomic E-state index is 2.39. The third kappa shape index (κ3) is 1.85. The van der Waals surface area contributed by atoms with Crippen molar-refractivity contribution in [3.05, 3.63) is 47.5 Å². The van der Waals surface area contributed by atoms with Crippen LogP contribution in [0.1, 0.15) is 11.1 Å². The highest BCUT2D eigenvalue weighted by Crippen LogP contribution is 2.18. The topological polar surface area (TPSA) is 0 Å². The van der Waals surface area contributed by atoms with Crippen molar-refractivity contribution in [3.63, 3.8) is 0 Å². The summed E-state index contributed by atoms with van der Waals surface area (Å²) < 4.78 is 1.08. The van der Waals surface area contributed by atoms with Gasteiger partial charge in [-0.2, -0.15) is 0 Å². The maximum atomic E-state index is 2.39. The van der Waals surface area contributed by atoms with E-state index in [0.29, 0.717) is 0 Å². The first kappa shape index (κ1) is 9.00. The van der Waals surface area contributed by atoms with E-state index in [1.54, 1.807) is 0 Å². The molecular weight excluding hydrogens is 271 g/mol. The molecule has 2 aromatic carbocycles. The van der Waals surface area contributed by atoms with Crippen molar-refractivity contribution in [2.75, 3.05) is 0 Å². The lowest BCUT2D eigenvalue weighted by molar-refractivity contribution is 1.46. The molecule has 0 saturated carbocycles. The number of rotatable bonds is 1. The Balaban J connectivity index is 2.68. The Kier molecular flexibility index (Phi) is 2.54. The lowest BCUT2D eigenvalue weighted by atomic mass is 10.1. The molecule has 0 aliphatic heterocycles. The zero-order valence-corrected chi connectivity index (χ0v) is 9.71. The Morgan fingerprint density at radius 3 is 2.54 bits per heavy atom. The second-order valence-electron chi connectivity index (χ2n) is 3.32. The average molecular weight is 282 g/mol. The molecule has 0 bridgehead atoms. The van der Waals surface area contributed by atoms with Gasteiger partial charge in [-0.1, -0.05) is 64.6 Å². The predicted molar refractivity (Wildman–Crippen MR) is 66.4 cm³/mol. The van der Waals surface area contributed by atoms with Gasteiger partial charge in [-0.3, -0.25) is 0 Å². The number of aryl methyl sites for hydroxylation is 1. The highest BCUT2D eigenvalue weighted by molar-refractivity contribution is 14.1. The first-order valence-corrected chi connectivity index (χ1v) is 5.87. The van der Waals surface area contributed by atoms with Crippen molar-refractivity contribution in [1.29, 1.82) is 0 Å². The van der Waals surface area contributed by atoms with E-state index >= 15 is 0 Å². The van der Waals surface area contributed by atoms with Gasteiger partial charge in [0.05, 0.1) is 0 Å². The Bertz CT molecular complexity index is 432. The normalized spacial score (nSPS) is 10.6. The lowest BCUT2D eigenvalue weighted by Gasteiger charge is -2.01. The van der Waals surface area contributed by atoms with Crippen molar-refractivity contribution >= 4 is 33.4 Å². The third-order valence-electron chi connectivity index (χ3n) is 2.21. The molecule has 13 heavy (non-hydrogen) atoms. The van der Waals surface area contributed by atoms with Crippen molar-refractivity contribution in [1.82, 2.24) is 0 Å². The van der Waals surface area contributed by atoms with Crippen molar-refractivity contribution < 1.29 is 0 Å². The standard InChI is InChI=1S/C12H11I/c1-9-2-4-11-5-3-10(8-13)7-12(11)6-9/h2-7H,8H2,1H3. The predicted octanol–water partition coefficient (Wildman–Crippen LogP) is 4.08. The number of benzene rings is 2. The van der Waals surface area contributed by atoms with Crippen LogP contribution in [0.25, 0.3) is 10.8 Å². The molecule has 0 saturated heterocycles. The number of hydrogen-bond donors (Lipinski definition) is 0. The van der Waals surface area contributed by atoms with Crippen LogP contribution in [0.4, 0.5) is 0 Å². The summed E-state index contributed by atoms with van der Waals surface area (Å²) in [7, 11) is 0. The molecule has 1 heteroatoms. The average Bonchev–Trinajstić information content (AvgIpc) is 2.16. The zero-order valence-electron chi connectivity index (χ0n) is 7.55. The van der Waals surface area contributed by atoms with Gasteiger partial charge in [-0.15, -0.1) is 0 Å². The summed E-state index contributed by atoms with van der Waals surface area (Å²) in [5, 5.41) is 2.69. The molecule has 0 amide bonds. The van der Waals surface area contributed by atoms with Gasteiger partial charge >= 0.3 is 0 Å². The Morgan fingerprint density at radius 2 is 1.77 bits per heavy atom. The minimum Gasteiger partial charge on any atom is -0.0812 e. The molecule has 66 valence electrons. The van der Waals surface area contributed by atoms with Gasteiger partial charge < -0.3 is 0 Å². The van der Waals surface area contributed by atoms with E-state index in [4.69, 9.17) is 0 Å². The van der Waals surface area contributed by atoms with Crippen LogP contribution < -0.4 is 0 Å². The van der Waals surface area contributed by atoms with Crippen molar-refractivity contribution in [2.24, 2.45) is 0 Å². The molecule has 0 nitrogen and oxygen atoms in total. The number of fused-ring (bicyclic) bond motifs is 1. The molecule has 0 spiro atoms. The molecule has 0 aromatic heterocycles. The van der Waals surface area contributed by atoms with Gasteiger partial charge in [0.1, 0.15) is 0 Å². The SMILES string of the molecule is Cc1ccc2ccc(CI)cc2c1. The lowest BCUT2D eigenvalue weighted by Crippen LogP contribution is -1.79. The summed E-state index contributed by atoms with van der Waals surface area (Å²) in [6, 6.07) is 13.3. The second-order valence-corrected chi connectivity index (χ2v) is 4.08. The highest BCUT2D eigenvalue weighted by atomic mass is 127. The monoisotopic (exact) mass is 282 g/mol. The zero-order chi connectivity index (χ0) is 9.26. The Labute approximate surface area is 92.1 Å². The van der Waals surface area contributed by atoms with E-state index in [1.165, 1.54) is 21.9 Å². The van der Waals surface area contributed by atoms with Crippen LogP contribution in [-0.2, 0) is 4.43 Å². The molecule has 0 N–H and O–H groups in total. The molecule has 0 radical (unpaired) electrons. The smallest absolute Gasteiger partial charge is 0.0247 e. The Hall–Kier alpha value is -0.570. The fraction of sp³-hybridized carbons (Fsp3) is 0.167. The van der Waals surface area contributed by atoms with Crippen LogP contribution in [0.3, 0.4) is 0 Å². The minimum absolute atomic E-state index is 1.08. The van der Waals surface area contributed by atoms with Gasteiger partial charge in [-0.05, 0) is 23.3 Å². The summed E-state index contributed by atoms with van der Waals surface area (Å²) in [5.74, 6) is 0. The molecule has 2 aromatic rings. The molecule has 0 atom stereocenters. The van der Waals surface area contributed by atoms with E-state index in [2.05, 4.69) is 65.9 Å². The van der Waals surface area contributed by atoms with E-state index in [1.807, 2.05) is 0 Å². The fourth-order valence-electron chi connectivity index (χ4n) is 1.50. The number of alkyl halides is 1. The third-order valence-corrected chi connectivity index (χ3v) is 3.10. The first-order chi connectivity index (χ1) is 6.29. The first-order valence-electron chi connectivity index (χ1n) is 4.35. The summed E-state index contributed by atoms with van der Waals surface area (Å²) in [5.41, 5.74) is 2.73. The fourth-order valence-corrected chi connectivity index (χ4v) is 1.97. The number of hydrogen-bond acceptors (Lipinski definition) is 0. The maximum Gasteiger partial charge on any atom is 0.0247 e. The van der Waals surface area contributed by atoms with Gasteiger partial charge in [0, 0.05) is 4.43 Å².